The van der Waals surface area contributed by atoms with Gasteiger partial charge in [-0.3, -0.25) is 9.69 Å². The third-order valence-electron chi connectivity index (χ3n) is 4.74. The van der Waals surface area contributed by atoms with E-state index in [9.17, 15) is 9.18 Å². The summed E-state index contributed by atoms with van der Waals surface area (Å²) in [6.45, 7) is 3.43. The Balaban J connectivity index is 1.41. The van der Waals surface area contributed by atoms with Crippen molar-refractivity contribution in [2.45, 2.75) is 13.0 Å². The number of hydrogen-bond donors (Lipinski definition) is 0. The molecule has 5 nitrogen and oxygen atoms in total. The van der Waals surface area contributed by atoms with Crippen molar-refractivity contribution in [2.24, 2.45) is 0 Å². The number of amides is 1. The van der Waals surface area contributed by atoms with E-state index in [0.717, 1.165) is 30.6 Å². The first-order valence-electron chi connectivity index (χ1n) is 8.91. The first-order valence-corrected chi connectivity index (χ1v) is 9.29. The van der Waals surface area contributed by atoms with Gasteiger partial charge >= 0.3 is 0 Å². The van der Waals surface area contributed by atoms with Gasteiger partial charge in [0.15, 0.2) is 5.58 Å². The minimum atomic E-state index is -0.520. The Morgan fingerprint density at radius 2 is 2.00 bits per heavy atom. The van der Waals surface area contributed by atoms with Gasteiger partial charge in [0.05, 0.1) is 11.6 Å². The van der Waals surface area contributed by atoms with Crippen LogP contribution in [0.5, 0.6) is 0 Å². The van der Waals surface area contributed by atoms with Crippen molar-refractivity contribution >= 4 is 28.6 Å². The highest BCUT2D eigenvalue weighted by molar-refractivity contribution is 6.31. The maximum Gasteiger partial charge on any atom is 0.253 e. The highest BCUT2D eigenvalue weighted by Gasteiger charge is 2.22. The lowest BCUT2D eigenvalue weighted by Gasteiger charge is -2.21. The van der Waals surface area contributed by atoms with Crippen molar-refractivity contribution in [1.29, 1.82) is 0 Å². The first-order chi connectivity index (χ1) is 13.1. The number of nitrogens with zero attached hydrogens (tertiary/aromatic N) is 3. The molecule has 2 heterocycles. The minimum absolute atomic E-state index is 0.0340. The molecule has 0 radical (unpaired) electrons. The standard InChI is InChI=1S/C20H19ClFN3O2/c21-15-12-14(6-7-16(15)22)20(26)25-9-3-8-24(10-11-25)13-19-23-17-4-1-2-5-18(17)27-19/h1-2,4-7,12H,3,8-11,13H2. The summed E-state index contributed by atoms with van der Waals surface area (Å²) in [5.74, 6) is 0.0375. The number of fused-ring (bicyclic) bond motifs is 1. The molecule has 0 atom stereocenters. The summed E-state index contributed by atoms with van der Waals surface area (Å²) < 4.78 is 19.1. The molecule has 0 saturated carbocycles. The van der Waals surface area contributed by atoms with E-state index in [4.69, 9.17) is 16.0 Å². The van der Waals surface area contributed by atoms with Crippen LogP contribution in [0.4, 0.5) is 4.39 Å². The predicted molar refractivity (Wildman–Crippen MR) is 101 cm³/mol. The Morgan fingerprint density at radius 1 is 1.15 bits per heavy atom. The quantitative estimate of drug-likeness (QED) is 0.682. The van der Waals surface area contributed by atoms with Crippen LogP contribution >= 0.6 is 11.6 Å². The Kier molecular flexibility index (Phi) is 5.09. The molecule has 1 aromatic heterocycles. The number of carbonyl (C=O) groups excluding carboxylic acids is 1. The molecule has 0 bridgehead atoms. The van der Waals surface area contributed by atoms with Gasteiger partial charge in [-0.1, -0.05) is 23.7 Å². The normalized spacial score (nSPS) is 15.9. The number of carbonyl (C=O) groups is 1. The fraction of sp³-hybridized carbons (Fsp3) is 0.300. The number of aromatic nitrogens is 1. The van der Waals surface area contributed by atoms with Gasteiger partial charge in [0.1, 0.15) is 11.3 Å². The molecule has 0 N–H and O–H groups in total. The molecule has 1 aliphatic heterocycles. The van der Waals surface area contributed by atoms with Gasteiger partial charge in [-0.15, -0.1) is 0 Å². The molecule has 2 aromatic carbocycles. The second-order valence-electron chi connectivity index (χ2n) is 6.63. The van der Waals surface area contributed by atoms with Crippen molar-refractivity contribution in [2.75, 3.05) is 26.2 Å². The smallest absolute Gasteiger partial charge is 0.253 e. The molecule has 0 spiro atoms. The van der Waals surface area contributed by atoms with E-state index in [0.29, 0.717) is 31.1 Å². The number of halogens is 2. The average Bonchev–Trinajstić information content (AvgIpc) is 2.93. The molecular formula is C20H19ClFN3O2. The lowest BCUT2D eigenvalue weighted by Crippen LogP contribution is -2.35. The largest absolute Gasteiger partial charge is 0.439 e. The predicted octanol–water partition coefficient (Wildman–Crippen LogP) is 3.97. The summed E-state index contributed by atoms with van der Waals surface area (Å²) in [6, 6.07) is 11.8. The van der Waals surface area contributed by atoms with E-state index in [1.54, 1.807) is 4.90 Å². The van der Waals surface area contributed by atoms with Gasteiger partial charge in [0.2, 0.25) is 5.89 Å². The van der Waals surface area contributed by atoms with Gasteiger partial charge < -0.3 is 9.32 Å². The van der Waals surface area contributed by atoms with Crippen LogP contribution < -0.4 is 0 Å². The summed E-state index contributed by atoms with van der Waals surface area (Å²) in [5, 5.41) is -0.0340. The number of hydrogen-bond acceptors (Lipinski definition) is 4. The zero-order valence-electron chi connectivity index (χ0n) is 14.7. The number of oxazole rings is 1. The zero-order valence-corrected chi connectivity index (χ0v) is 15.5. The van der Waals surface area contributed by atoms with Crippen LogP contribution in [-0.4, -0.2) is 46.9 Å². The average molecular weight is 388 g/mol. The zero-order chi connectivity index (χ0) is 18.8. The van der Waals surface area contributed by atoms with Crippen molar-refractivity contribution in [3.05, 3.63) is 64.8 Å². The van der Waals surface area contributed by atoms with E-state index in [1.807, 2.05) is 24.3 Å². The summed E-state index contributed by atoms with van der Waals surface area (Å²) >= 11 is 5.80. The first kappa shape index (κ1) is 17.9. The molecule has 1 aliphatic rings. The second kappa shape index (κ2) is 7.66. The molecule has 27 heavy (non-hydrogen) atoms. The highest BCUT2D eigenvalue weighted by Crippen LogP contribution is 2.19. The van der Waals surface area contributed by atoms with E-state index in [1.165, 1.54) is 18.2 Å². The summed E-state index contributed by atoms with van der Waals surface area (Å²) in [7, 11) is 0. The van der Waals surface area contributed by atoms with Crippen LogP contribution in [0.3, 0.4) is 0 Å². The van der Waals surface area contributed by atoms with Crippen molar-refractivity contribution < 1.29 is 13.6 Å². The van der Waals surface area contributed by atoms with Crippen LogP contribution in [0, 0.1) is 5.82 Å². The maximum atomic E-state index is 13.3. The number of benzene rings is 2. The molecular weight excluding hydrogens is 369 g/mol. The molecule has 0 aliphatic carbocycles. The van der Waals surface area contributed by atoms with E-state index in [2.05, 4.69) is 9.88 Å². The topological polar surface area (TPSA) is 49.6 Å². The van der Waals surface area contributed by atoms with Crippen molar-refractivity contribution in [3.8, 4) is 0 Å². The fourth-order valence-electron chi connectivity index (χ4n) is 3.32. The summed E-state index contributed by atoms with van der Waals surface area (Å²) in [4.78, 5) is 21.2. The number of para-hydroxylation sites is 2. The summed E-state index contributed by atoms with van der Waals surface area (Å²) in [5.41, 5.74) is 2.05. The maximum absolute atomic E-state index is 13.3. The Hall–Kier alpha value is -2.44. The van der Waals surface area contributed by atoms with Crippen LogP contribution in [0.25, 0.3) is 11.1 Å². The van der Waals surface area contributed by atoms with Gasteiger partial charge in [0.25, 0.3) is 5.91 Å². The fourth-order valence-corrected chi connectivity index (χ4v) is 3.50. The van der Waals surface area contributed by atoms with E-state index < -0.39 is 5.82 Å². The molecule has 4 rings (SSSR count). The molecule has 140 valence electrons. The SMILES string of the molecule is O=C(c1ccc(F)c(Cl)c1)N1CCCN(Cc2nc3ccccc3o2)CC1. The van der Waals surface area contributed by atoms with Gasteiger partial charge in [-0.05, 0) is 36.8 Å². The molecule has 1 amide bonds. The Morgan fingerprint density at radius 3 is 2.81 bits per heavy atom. The van der Waals surface area contributed by atoms with Gasteiger partial charge in [-0.2, -0.15) is 0 Å². The molecule has 1 fully saturated rings. The molecule has 3 aromatic rings. The monoisotopic (exact) mass is 387 g/mol. The number of rotatable bonds is 3. The van der Waals surface area contributed by atoms with Crippen LogP contribution in [0.1, 0.15) is 22.7 Å². The van der Waals surface area contributed by atoms with Crippen LogP contribution in [0.15, 0.2) is 46.9 Å². The Bertz CT molecular complexity index is 942. The van der Waals surface area contributed by atoms with Crippen LogP contribution in [-0.2, 0) is 6.54 Å². The second-order valence-corrected chi connectivity index (χ2v) is 7.03. The Labute approximate surface area is 161 Å². The van der Waals surface area contributed by atoms with Gasteiger partial charge in [-0.25, -0.2) is 9.37 Å². The molecule has 7 heteroatoms. The van der Waals surface area contributed by atoms with Crippen LogP contribution in [0.2, 0.25) is 5.02 Å². The lowest BCUT2D eigenvalue weighted by atomic mass is 10.2. The summed E-state index contributed by atoms with van der Waals surface area (Å²) in [6.07, 6.45) is 0.848. The molecule has 0 unspecified atom stereocenters. The van der Waals surface area contributed by atoms with Gasteiger partial charge in [0, 0.05) is 31.7 Å². The third-order valence-corrected chi connectivity index (χ3v) is 5.03. The highest BCUT2D eigenvalue weighted by atomic mass is 35.5. The lowest BCUT2D eigenvalue weighted by molar-refractivity contribution is 0.0760. The van der Waals surface area contributed by atoms with Crippen molar-refractivity contribution in [1.82, 2.24) is 14.8 Å². The van der Waals surface area contributed by atoms with E-state index >= 15 is 0 Å². The minimum Gasteiger partial charge on any atom is -0.439 e. The third kappa shape index (κ3) is 3.96. The van der Waals surface area contributed by atoms with Crippen molar-refractivity contribution in [3.63, 3.8) is 0 Å². The van der Waals surface area contributed by atoms with E-state index in [-0.39, 0.29) is 10.9 Å². The molecule has 1 saturated heterocycles.